The number of aromatic amines is 1. The van der Waals surface area contributed by atoms with Crippen molar-refractivity contribution in [1.82, 2.24) is 30.4 Å². The van der Waals surface area contributed by atoms with Crippen molar-refractivity contribution in [2.24, 2.45) is 5.92 Å². The van der Waals surface area contributed by atoms with E-state index in [4.69, 9.17) is 9.47 Å². The second-order valence-electron chi connectivity index (χ2n) is 6.33. The summed E-state index contributed by atoms with van der Waals surface area (Å²) in [5.41, 5.74) is 2.38. The molecule has 23 heavy (non-hydrogen) atoms. The normalized spacial score (nSPS) is 22.2. The van der Waals surface area contributed by atoms with E-state index >= 15 is 0 Å². The van der Waals surface area contributed by atoms with Gasteiger partial charge in [0.05, 0.1) is 18.0 Å². The van der Waals surface area contributed by atoms with Crippen LogP contribution < -0.4 is 0 Å². The Morgan fingerprint density at radius 3 is 3.13 bits per heavy atom. The zero-order valence-electron chi connectivity index (χ0n) is 13.1. The highest BCUT2D eigenvalue weighted by Crippen LogP contribution is 2.31. The molecule has 1 aliphatic carbocycles. The third kappa shape index (κ3) is 3.28. The van der Waals surface area contributed by atoms with Gasteiger partial charge < -0.3 is 9.47 Å². The Hall–Kier alpha value is -1.80. The lowest BCUT2D eigenvalue weighted by Gasteiger charge is -2.23. The van der Waals surface area contributed by atoms with Crippen LogP contribution in [-0.4, -0.2) is 43.6 Å². The van der Waals surface area contributed by atoms with Crippen molar-refractivity contribution in [2.45, 2.75) is 51.4 Å². The van der Waals surface area contributed by atoms with Gasteiger partial charge in [-0.15, -0.1) is 5.10 Å². The molecular weight excluding hydrogens is 296 g/mol. The molecule has 2 aromatic heterocycles. The van der Waals surface area contributed by atoms with Crippen molar-refractivity contribution in [1.29, 1.82) is 0 Å². The molecule has 8 nitrogen and oxygen atoms in total. The van der Waals surface area contributed by atoms with Crippen LogP contribution in [0.5, 0.6) is 0 Å². The van der Waals surface area contributed by atoms with Gasteiger partial charge in [-0.1, -0.05) is 0 Å². The minimum atomic E-state index is 0.0643. The lowest BCUT2D eigenvalue weighted by atomic mass is 9.96. The Morgan fingerprint density at radius 1 is 1.30 bits per heavy atom. The molecule has 8 heteroatoms. The molecular formula is C15H22N6O2. The van der Waals surface area contributed by atoms with Gasteiger partial charge in [-0.05, 0) is 54.0 Å². The first kappa shape index (κ1) is 14.8. The molecule has 1 fully saturated rings. The smallest absolute Gasteiger partial charge is 0.177 e. The van der Waals surface area contributed by atoms with Crippen molar-refractivity contribution >= 4 is 0 Å². The standard InChI is InChI=1S/C15H22N6O2/c1-2-12-8-16-18-15(12)13(3-1)23-10-14-17-19-20-21(14)9-11-4-6-22-7-5-11/h8,11,13H,1-7,9-10H2,(H,16,18). The number of hydrogen-bond donors (Lipinski definition) is 1. The molecule has 0 saturated carbocycles. The van der Waals surface area contributed by atoms with Gasteiger partial charge in [0.1, 0.15) is 6.61 Å². The highest BCUT2D eigenvalue weighted by atomic mass is 16.5. The van der Waals surface area contributed by atoms with E-state index in [0.717, 1.165) is 63.4 Å². The molecule has 0 radical (unpaired) electrons. The van der Waals surface area contributed by atoms with Crippen molar-refractivity contribution in [3.8, 4) is 0 Å². The summed E-state index contributed by atoms with van der Waals surface area (Å²) in [5.74, 6) is 1.38. The number of hydrogen-bond acceptors (Lipinski definition) is 6. The number of aromatic nitrogens is 6. The summed E-state index contributed by atoms with van der Waals surface area (Å²) in [6, 6.07) is 0. The molecule has 1 atom stereocenters. The van der Waals surface area contributed by atoms with E-state index in [0.29, 0.717) is 12.5 Å². The highest BCUT2D eigenvalue weighted by Gasteiger charge is 2.24. The van der Waals surface area contributed by atoms with Crippen molar-refractivity contribution in [3.05, 3.63) is 23.3 Å². The maximum Gasteiger partial charge on any atom is 0.177 e. The molecule has 1 N–H and O–H groups in total. The van der Waals surface area contributed by atoms with Gasteiger partial charge in [0.2, 0.25) is 0 Å². The topological polar surface area (TPSA) is 90.7 Å². The number of rotatable bonds is 5. The molecule has 1 aliphatic heterocycles. The molecule has 1 unspecified atom stereocenters. The number of nitrogens with one attached hydrogen (secondary N) is 1. The van der Waals surface area contributed by atoms with Crippen LogP contribution in [0.1, 0.15) is 48.9 Å². The molecule has 124 valence electrons. The number of H-pyrrole nitrogens is 1. The Morgan fingerprint density at radius 2 is 2.22 bits per heavy atom. The van der Waals surface area contributed by atoms with E-state index in [1.807, 2.05) is 10.9 Å². The van der Waals surface area contributed by atoms with Crippen LogP contribution in [0.25, 0.3) is 0 Å². The Balaban J connectivity index is 1.38. The van der Waals surface area contributed by atoms with Crippen molar-refractivity contribution < 1.29 is 9.47 Å². The molecule has 0 bridgehead atoms. The Kier molecular flexibility index (Phi) is 4.34. The quantitative estimate of drug-likeness (QED) is 0.896. The van der Waals surface area contributed by atoms with Gasteiger partial charge in [-0.3, -0.25) is 5.10 Å². The largest absolute Gasteiger partial charge is 0.381 e. The molecule has 3 heterocycles. The minimum Gasteiger partial charge on any atom is -0.381 e. The predicted molar refractivity (Wildman–Crippen MR) is 80.4 cm³/mol. The van der Waals surface area contributed by atoms with Crippen LogP contribution in [0.3, 0.4) is 0 Å². The monoisotopic (exact) mass is 318 g/mol. The first-order valence-electron chi connectivity index (χ1n) is 8.36. The van der Waals surface area contributed by atoms with Crippen LogP contribution >= 0.6 is 0 Å². The summed E-state index contributed by atoms with van der Waals surface area (Å²) >= 11 is 0. The fraction of sp³-hybridized carbons (Fsp3) is 0.733. The molecule has 2 aliphatic rings. The van der Waals surface area contributed by atoms with Crippen LogP contribution in [0.15, 0.2) is 6.20 Å². The van der Waals surface area contributed by atoms with Gasteiger partial charge in [-0.2, -0.15) is 5.10 Å². The lowest BCUT2D eigenvalue weighted by molar-refractivity contribution is 0.0183. The van der Waals surface area contributed by atoms with Crippen LogP contribution in [0.2, 0.25) is 0 Å². The Bertz CT molecular complexity index is 633. The van der Waals surface area contributed by atoms with Gasteiger partial charge >= 0.3 is 0 Å². The minimum absolute atomic E-state index is 0.0643. The maximum atomic E-state index is 6.08. The predicted octanol–water partition coefficient (Wildman–Crippen LogP) is 1.42. The fourth-order valence-electron chi connectivity index (χ4n) is 3.41. The number of nitrogens with zero attached hydrogens (tertiary/aromatic N) is 5. The van der Waals surface area contributed by atoms with Crippen molar-refractivity contribution in [3.63, 3.8) is 0 Å². The molecule has 4 rings (SSSR count). The molecule has 0 amide bonds. The van der Waals surface area contributed by atoms with Crippen LogP contribution in [0, 0.1) is 5.92 Å². The first-order valence-corrected chi connectivity index (χ1v) is 8.36. The van der Waals surface area contributed by atoms with Crippen LogP contribution in [0.4, 0.5) is 0 Å². The highest BCUT2D eigenvalue weighted by molar-refractivity contribution is 5.21. The summed E-state index contributed by atoms with van der Waals surface area (Å²) in [7, 11) is 0. The summed E-state index contributed by atoms with van der Waals surface area (Å²) in [5, 5.41) is 19.3. The third-order valence-corrected chi connectivity index (χ3v) is 4.78. The van der Waals surface area contributed by atoms with E-state index in [2.05, 4.69) is 25.7 Å². The van der Waals surface area contributed by atoms with E-state index < -0.39 is 0 Å². The average molecular weight is 318 g/mol. The fourth-order valence-corrected chi connectivity index (χ4v) is 3.41. The van der Waals surface area contributed by atoms with E-state index in [-0.39, 0.29) is 6.10 Å². The van der Waals surface area contributed by atoms with Crippen molar-refractivity contribution in [2.75, 3.05) is 13.2 Å². The average Bonchev–Trinajstić information content (AvgIpc) is 3.23. The van der Waals surface area contributed by atoms with E-state index in [9.17, 15) is 0 Å². The number of fused-ring (bicyclic) bond motifs is 1. The number of tetrazole rings is 1. The molecule has 0 spiro atoms. The SMILES string of the molecule is c1n[nH]c2c1CCCC2OCc1nnnn1CC1CCOCC1. The van der Waals surface area contributed by atoms with Gasteiger partial charge in [0, 0.05) is 19.8 Å². The van der Waals surface area contributed by atoms with Gasteiger partial charge in [0.15, 0.2) is 5.82 Å². The zero-order valence-corrected chi connectivity index (χ0v) is 13.1. The maximum absolute atomic E-state index is 6.08. The second kappa shape index (κ2) is 6.76. The summed E-state index contributed by atoms with van der Waals surface area (Å²) in [6.07, 6.45) is 7.32. The Labute approximate surface area is 134 Å². The number of aryl methyl sites for hydroxylation is 1. The molecule has 1 saturated heterocycles. The van der Waals surface area contributed by atoms with Crippen LogP contribution in [-0.2, 0) is 29.0 Å². The summed E-state index contributed by atoms with van der Waals surface area (Å²) in [6.45, 7) is 2.95. The lowest BCUT2D eigenvalue weighted by Crippen LogP contribution is -2.22. The summed E-state index contributed by atoms with van der Waals surface area (Å²) < 4.78 is 13.4. The molecule has 0 aromatic carbocycles. The summed E-state index contributed by atoms with van der Waals surface area (Å²) in [4.78, 5) is 0. The van der Waals surface area contributed by atoms with E-state index in [1.54, 1.807) is 0 Å². The molecule has 2 aromatic rings. The van der Waals surface area contributed by atoms with Gasteiger partial charge in [-0.25, -0.2) is 4.68 Å². The first-order chi connectivity index (χ1) is 11.4. The second-order valence-corrected chi connectivity index (χ2v) is 6.33. The van der Waals surface area contributed by atoms with E-state index in [1.165, 1.54) is 5.56 Å². The van der Waals surface area contributed by atoms with Gasteiger partial charge in [0.25, 0.3) is 0 Å². The number of ether oxygens (including phenoxy) is 2. The zero-order chi connectivity index (χ0) is 15.5. The third-order valence-electron chi connectivity index (χ3n) is 4.78.